The molecule has 26 heavy (non-hydrogen) atoms. The molecule has 2 aromatic carbocycles. The lowest BCUT2D eigenvalue weighted by Crippen LogP contribution is -2.18. The zero-order valence-corrected chi connectivity index (χ0v) is 14.4. The molecule has 0 aliphatic heterocycles. The van der Waals surface area contributed by atoms with Crippen molar-refractivity contribution in [3.63, 3.8) is 0 Å². The third-order valence-corrected chi connectivity index (χ3v) is 3.45. The molecule has 1 amide bonds. The number of rotatable bonds is 7. The fourth-order valence-corrected chi connectivity index (χ4v) is 2.15. The molecule has 0 unspecified atom stereocenters. The van der Waals surface area contributed by atoms with Gasteiger partial charge in [0.25, 0.3) is 11.6 Å². The van der Waals surface area contributed by atoms with Gasteiger partial charge in [0.15, 0.2) is 0 Å². The van der Waals surface area contributed by atoms with Gasteiger partial charge in [-0.15, -0.1) is 0 Å². The Bertz CT molecular complexity index is 850. The van der Waals surface area contributed by atoms with E-state index in [2.05, 4.69) is 10.5 Å². The van der Waals surface area contributed by atoms with Crippen molar-refractivity contribution in [2.75, 3.05) is 21.3 Å². The molecule has 0 radical (unpaired) electrons. The average Bonchev–Trinajstić information content (AvgIpc) is 2.67. The summed E-state index contributed by atoms with van der Waals surface area (Å²) in [5.74, 6) is 0.682. The van der Waals surface area contributed by atoms with Gasteiger partial charge >= 0.3 is 0 Å². The zero-order valence-electron chi connectivity index (χ0n) is 14.4. The molecule has 0 fully saturated rings. The topological polar surface area (TPSA) is 112 Å². The molecule has 9 nitrogen and oxygen atoms in total. The van der Waals surface area contributed by atoms with Crippen LogP contribution >= 0.6 is 0 Å². The van der Waals surface area contributed by atoms with Crippen LogP contribution in [0.2, 0.25) is 0 Å². The van der Waals surface area contributed by atoms with Crippen LogP contribution in [0.15, 0.2) is 41.5 Å². The molecule has 136 valence electrons. The number of ether oxygens (including phenoxy) is 3. The van der Waals surface area contributed by atoms with E-state index in [0.29, 0.717) is 17.1 Å². The Balaban J connectivity index is 2.22. The van der Waals surface area contributed by atoms with E-state index in [1.807, 2.05) is 0 Å². The Morgan fingerprint density at radius 2 is 1.77 bits per heavy atom. The smallest absolute Gasteiger partial charge is 0.275 e. The van der Waals surface area contributed by atoms with Crippen LogP contribution in [0.25, 0.3) is 0 Å². The molecule has 0 heterocycles. The van der Waals surface area contributed by atoms with E-state index < -0.39 is 10.8 Å². The normalized spacial score (nSPS) is 10.4. The van der Waals surface area contributed by atoms with E-state index in [4.69, 9.17) is 14.2 Å². The molecule has 0 spiro atoms. The van der Waals surface area contributed by atoms with E-state index >= 15 is 0 Å². The number of nitrogens with one attached hydrogen (secondary N) is 1. The first-order chi connectivity index (χ1) is 12.5. The van der Waals surface area contributed by atoms with E-state index in [1.54, 1.807) is 18.2 Å². The van der Waals surface area contributed by atoms with Crippen LogP contribution in [0, 0.1) is 10.1 Å². The van der Waals surface area contributed by atoms with Gasteiger partial charge in [0.2, 0.25) is 0 Å². The van der Waals surface area contributed by atoms with Crippen LogP contribution in [-0.4, -0.2) is 38.4 Å². The Labute approximate surface area is 149 Å². The number of hydrogen-bond donors (Lipinski definition) is 1. The summed E-state index contributed by atoms with van der Waals surface area (Å²) in [6.07, 6.45) is 1.38. The second-order valence-electron chi connectivity index (χ2n) is 4.95. The number of hydrogen-bond acceptors (Lipinski definition) is 7. The molecule has 0 aliphatic rings. The summed E-state index contributed by atoms with van der Waals surface area (Å²) < 4.78 is 15.4. The van der Waals surface area contributed by atoms with Gasteiger partial charge in [0.05, 0.1) is 38.0 Å². The third-order valence-electron chi connectivity index (χ3n) is 3.45. The minimum Gasteiger partial charge on any atom is -0.497 e. The number of nitrogens with zero attached hydrogens (tertiary/aromatic N) is 2. The van der Waals surface area contributed by atoms with Crippen molar-refractivity contribution in [2.45, 2.75) is 0 Å². The van der Waals surface area contributed by atoms with Crippen LogP contribution in [0.1, 0.15) is 15.9 Å². The van der Waals surface area contributed by atoms with Gasteiger partial charge in [-0.25, -0.2) is 5.43 Å². The fourth-order valence-electron chi connectivity index (χ4n) is 2.15. The SMILES string of the molecule is COc1ccc(OC)c(/C=N\NC(=O)c2cc([N+](=O)[O-])ccc2OC)c1. The van der Waals surface area contributed by atoms with Gasteiger partial charge in [0, 0.05) is 17.7 Å². The summed E-state index contributed by atoms with van der Waals surface area (Å²) in [6.45, 7) is 0. The molecule has 0 saturated heterocycles. The van der Waals surface area contributed by atoms with Crippen molar-refractivity contribution in [3.05, 3.63) is 57.6 Å². The fraction of sp³-hybridized carbons (Fsp3) is 0.176. The number of nitro benzene ring substituents is 1. The van der Waals surface area contributed by atoms with Crippen molar-refractivity contribution < 1.29 is 23.9 Å². The minimum absolute atomic E-state index is 0.00328. The summed E-state index contributed by atoms with van der Waals surface area (Å²) in [6, 6.07) is 8.83. The van der Waals surface area contributed by atoms with Crippen LogP contribution in [0.4, 0.5) is 5.69 Å². The highest BCUT2D eigenvalue weighted by Gasteiger charge is 2.17. The number of amides is 1. The molecule has 1 N–H and O–H groups in total. The average molecular weight is 359 g/mol. The Morgan fingerprint density at radius 1 is 1.08 bits per heavy atom. The summed E-state index contributed by atoms with van der Waals surface area (Å²) in [5.41, 5.74) is 2.66. The van der Waals surface area contributed by atoms with Crippen molar-refractivity contribution in [1.29, 1.82) is 0 Å². The first-order valence-corrected chi connectivity index (χ1v) is 7.38. The van der Waals surface area contributed by atoms with E-state index in [9.17, 15) is 14.9 Å². The lowest BCUT2D eigenvalue weighted by atomic mass is 10.1. The molecule has 0 aliphatic carbocycles. The summed E-state index contributed by atoms with van der Waals surface area (Å²) in [7, 11) is 4.40. The lowest BCUT2D eigenvalue weighted by Gasteiger charge is -2.08. The van der Waals surface area contributed by atoms with Gasteiger partial charge in [-0.1, -0.05) is 0 Å². The maximum Gasteiger partial charge on any atom is 0.275 e. The molecule has 0 bridgehead atoms. The van der Waals surface area contributed by atoms with Crippen molar-refractivity contribution >= 4 is 17.8 Å². The van der Waals surface area contributed by atoms with Gasteiger partial charge in [-0.05, 0) is 24.3 Å². The highest BCUT2D eigenvalue weighted by atomic mass is 16.6. The lowest BCUT2D eigenvalue weighted by molar-refractivity contribution is -0.384. The summed E-state index contributed by atoms with van der Waals surface area (Å²) in [4.78, 5) is 22.6. The third kappa shape index (κ3) is 4.26. The number of non-ortho nitro benzene ring substituents is 1. The number of carbonyl (C=O) groups excluding carboxylic acids is 1. The first kappa shape index (κ1) is 18.7. The molecule has 2 aromatic rings. The second kappa shape index (κ2) is 8.47. The monoisotopic (exact) mass is 359 g/mol. The van der Waals surface area contributed by atoms with Crippen LogP contribution in [0.5, 0.6) is 17.2 Å². The predicted octanol–water partition coefficient (Wildman–Crippen LogP) is 2.38. The van der Waals surface area contributed by atoms with Crippen molar-refractivity contribution in [2.24, 2.45) is 5.10 Å². The number of hydrazone groups is 1. The number of nitro groups is 1. The Kier molecular flexibility index (Phi) is 6.10. The van der Waals surface area contributed by atoms with Crippen LogP contribution in [-0.2, 0) is 0 Å². The summed E-state index contributed by atoms with van der Waals surface area (Å²) >= 11 is 0. The number of carbonyl (C=O) groups is 1. The zero-order chi connectivity index (χ0) is 19.1. The molecule has 9 heteroatoms. The number of benzene rings is 2. The minimum atomic E-state index is -0.649. The highest BCUT2D eigenvalue weighted by molar-refractivity contribution is 5.98. The Hall–Kier alpha value is -3.62. The van der Waals surface area contributed by atoms with E-state index in [0.717, 1.165) is 6.07 Å². The first-order valence-electron chi connectivity index (χ1n) is 7.38. The van der Waals surface area contributed by atoms with E-state index in [1.165, 1.54) is 39.7 Å². The Morgan fingerprint density at radius 3 is 2.38 bits per heavy atom. The molecule has 0 saturated carbocycles. The van der Waals surface area contributed by atoms with Gasteiger partial charge in [0.1, 0.15) is 17.2 Å². The number of methoxy groups -OCH3 is 3. The molecule has 2 rings (SSSR count). The van der Waals surface area contributed by atoms with Crippen molar-refractivity contribution in [3.8, 4) is 17.2 Å². The predicted molar refractivity (Wildman–Crippen MR) is 94.3 cm³/mol. The van der Waals surface area contributed by atoms with Crippen LogP contribution < -0.4 is 19.6 Å². The maximum atomic E-state index is 12.3. The standard InChI is InChI=1S/C17H17N3O6/c1-24-13-5-7-15(25-2)11(8-13)10-18-19-17(21)14-9-12(20(22)23)4-6-16(14)26-3/h4-10H,1-3H3,(H,19,21)/b18-10-. The molecule has 0 aromatic heterocycles. The second-order valence-corrected chi connectivity index (χ2v) is 4.95. The molecule has 0 atom stereocenters. The maximum absolute atomic E-state index is 12.3. The van der Waals surface area contributed by atoms with Gasteiger partial charge in [-0.3, -0.25) is 14.9 Å². The quantitative estimate of drug-likeness (QED) is 0.461. The van der Waals surface area contributed by atoms with Crippen molar-refractivity contribution in [1.82, 2.24) is 5.43 Å². The summed E-state index contributed by atoms with van der Waals surface area (Å²) in [5, 5.41) is 14.7. The molecular formula is C17H17N3O6. The highest BCUT2D eigenvalue weighted by Crippen LogP contribution is 2.24. The van der Waals surface area contributed by atoms with E-state index in [-0.39, 0.29) is 17.0 Å². The van der Waals surface area contributed by atoms with Gasteiger partial charge < -0.3 is 14.2 Å². The van der Waals surface area contributed by atoms with Gasteiger partial charge in [-0.2, -0.15) is 5.10 Å². The largest absolute Gasteiger partial charge is 0.497 e. The molecular weight excluding hydrogens is 342 g/mol. The van der Waals surface area contributed by atoms with Crippen LogP contribution in [0.3, 0.4) is 0 Å².